The molecule has 0 spiro atoms. The van der Waals surface area contributed by atoms with E-state index >= 15 is 0 Å². The Hall–Kier alpha value is -1.40. The average molecular weight is 327 g/mol. The van der Waals surface area contributed by atoms with E-state index in [1.165, 1.54) is 18.4 Å². The number of nitrogens with zero attached hydrogens (tertiary/aromatic N) is 1. The summed E-state index contributed by atoms with van der Waals surface area (Å²) in [5, 5.41) is 3.14. The molecule has 0 aliphatic carbocycles. The molecule has 94 valence electrons. The molecule has 4 nitrogen and oxygen atoms in total. The fourth-order valence-electron chi connectivity index (χ4n) is 1.48. The van der Waals surface area contributed by atoms with Crippen molar-refractivity contribution in [3.63, 3.8) is 0 Å². The second-order valence-corrected chi connectivity index (χ2v) is 5.35. The van der Waals surface area contributed by atoms with Crippen molar-refractivity contribution in [2.75, 3.05) is 12.4 Å². The first-order valence-electron chi connectivity index (χ1n) is 5.19. The molecule has 2 aromatic rings. The first-order chi connectivity index (χ1) is 8.70. The molecule has 18 heavy (non-hydrogen) atoms. The van der Waals surface area contributed by atoms with Crippen LogP contribution < -0.4 is 5.32 Å². The first kappa shape index (κ1) is 13.0. The van der Waals surface area contributed by atoms with Gasteiger partial charge in [-0.3, -0.25) is 4.98 Å². The van der Waals surface area contributed by atoms with Gasteiger partial charge in [-0.05, 0) is 18.2 Å². The lowest BCUT2D eigenvalue weighted by atomic mass is 10.2. The van der Waals surface area contributed by atoms with Crippen LogP contribution in [0.25, 0.3) is 0 Å². The number of esters is 1. The Labute approximate surface area is 117 Å². The summed E-state index contributed by atoms with van der Waals surface area (Å²) in [6.07, 6.45) is 1.66. The van der Waals surface area contributed by atoms with Crippen molar-refractivity contribution >= 4 is 38.9 Å². The molecule has 0 saturated heterocycles. The van der Waals surface area contributed by atoms with Gasteiger partial charge in [0.15, 0.2) is 6.04 Å². The molecule has 0 aliphatic rings. The first-order valence-corrected chi connectivity index (χ1v) is 6.86. The van der Waals surface area contributed by atoms with Crippen molar-refractivity contribution in [2.45, 2.75) is 6.04 Å². The van der Waals surface area contributed by atoms with Crippen LogP contribution in [0, 0.1) is 0 Å². The van der Waals surface area contributed by atoms with Crippen molar-refractivity contribution in [1.82, 2.24) is 4.98 Å². The minimum Gasteiger partial charge on any atom is -0.467 e. The van der Waals surface area contributed by atoms with E-state index in [1.807, 2.05) is 24.3 Å². The topological polar surface area (TPSA) is 51.2 Å². The highest BCUT2D eigenvalue weighted by molar-refractivity contribution is 9.10. The summed E-state index contributed by atoms with van der Waals surface area (Å²) in [6.45, 7) is 0. The van der Waals surface area contributed by atoms with Crippen LogP contribution in [0.3, 0.4) is 0 Å². The number of anilines is 1. The maximum absolute atomic E-state index is 11.8. The van der Waals surface area contributed by atoms with Crippen molar-refractivity contribution in [3.05, 3.63) is 45.3 Å². The van der Waals surface area contributed by atoms with E-state index in [1.54, 1.807) is 11.7 Å². The summed E-state index contributed by atoms with van der Waals surface area (Å²) in [7, 11) is 1.37. The predicted octanol–water partition coefficient (Wildman–Crippen LogP) is 3.23. The predicted molar refractivity (Wildman–Crippen MR) is 74.6 cm³/mol. The molecule has 0 bridgehead atoms. The fraction of sp³-hybridized carbons (Fsp3) is 0.167. The van der Waals surface area contributed by atoms with Gasteiger partial charge in [-0.25, -0.2) is 4.79 Å². The van der Waals surface area contributed by atoms with E-state index < -0.39 is 6.04 Å². The van der Waals surface area contributed by atoms with Crippen LogP contribution in [0.1, 0.15) is 10.9 Å². The Morgan fingerprint density at radius 2 is 2.39 bits per heavy atom. The third kappa shape index (κ3) is 3.08. The number of nitrogens with one attached hydrogen (secondary N) is 1. The van der Waals surface area contributed by atoms with Crippen LogP contribution in [0.15, 0.2) is 40.4 Å². The number of ether oxygens (including phenoxy) is 1. The molecule has 1 unspecified atom stereocenters. The maximum Gasteiger partial charge on any atom is 0.333 e. The zero-order chi connectivity index (χ0) is 13.0. The molecular weight excluding hydrogens is 316 g/mol. The normalized spacial score (nSPS) is 11.9. The second-order valence-electron chi connectivity index (χ2n) is 3.51. The Morgan fingerprint density at radius 3 is 3.00 bits per heavy atom. The monoisotopic (exact) mass is 326 g/mol. The molecule has 0 amide bonds. The number of carbonyl (C=O) groups is 1. The molecule has 1 atom stereocenters. The van der Waals surface area contributed by atoms with Crippen molar-refractivity contribution in [1.29, 1.82) is 0 Å². The Kier molecular flexibility index (Phi) is 4.33. The number of benzene rings is 1. The number of methoxy groups -OCH3 is 1. The molecular formula is C12H11BrN2O2S. The average Bonchev–Trinajstić information content (AvgIpc) is 2.89. The van der Waals surface area contributed by atoms with Crippen molar-refractivity contribution < 1.29 is 9.53 Å². The third-order valence-electron chi connectivity index (χ3n) is 2.31. The Bertz CT molecular complexity index is 531. The van der Waals surface area contributed by atoms with Gasteiger partial charge in [0.1, 0.15) is 0 Å². The van der Waals surface area contributed by atoms with Gasteiger partial charge in [0.05, 0.1) is 17.5 Å². The van der Waals surface area contributed by atoms with E-state index in [0.29, 0.717) is 0 Å². The quantitative estimate of drug-likeness (QED) is 0.876. The van der Waals surface area contributed by atoms with E-state index in [9.17, 15) is 4.79 Å². The molecule has 1 N–H and O–H groups in total. The lowest BCUT2D eigenvalue weighted by Crippen LogP contribution is -2.21. The zero-order valence-electron chi connectivity index (χ0n) is 9.59. The summed E-state index contributed by atoms with van der Waals surface area (Å²) < 4.78 is 5.75. The molecule has 0 aliphatic heterocycles. The van der Waals surface area contributed by atoms with Gasteiger partial charge in [-0.2, -0.15) is 0 Å². The molecule has 1 aromatic heterocycles. The van der Waals surface area contributed by atoms with Crippen LogP contribution >= 0.6 is 27.3 Å². The molecule has 0 saturated carbocycles. The Morgan fingerprint density at radius 1 is 1.56 bits per heavy atom. The Balaban J connectivity index is 2.23. The molecule has 1 heterocycles. The van der Waals surface area contributed by atoms with Gasteiger partial charge >= 0.3 is 5.97 Å². The third-order valence-corrected chi connectivity index (χ3v) is 3.64. The largest absolute Gasteiger partial charge is 0.467 e. The van der Waals surface area contributed by atoms with Gasteiger partial charge in [0, 0.05) is 16.4 Å². The number of rotatable bonds is 4. The summed E-state index contributed by atoms with van der Waals surface area (Å²) in [5.41, 5.74) is 2.53. The minimum atomic E-state index is -0.531. The lowest BCUT2D eigenvalue weighted by Gasteiger charge is -2.16. The number of aromatic nitrogens is 1. The molecule has 0 radical (unpaired) electrons. The smallest absolute Gasteiger partial charge is 0.333 e. The number of carbonyl (C=O) groups excluding carboxylic acids is 1. The molecule has 6 heteroatoms. The van der Waals surface area contributed by atoms with Gasteiger partial charge in [-0.1, -0.05) is 22.0 Å². The van der Waals surface area contributed by atoms with Crippen LogP contribution in [-0.2, 0) is 9.53 Å². The van der Waals surface area contributed by atoms with Crippen LogP contribution in [-0.4, -0.2) is 18.1 Å². The highest BCUT2D eigenvalue weighted by atomic mass is 79.9. The lowest BCUT2D eigenvalue weighted by molar-refractivity contribution is -0.141. The minimum absolute atomic E-state index is 0.334. The van der Waals surface area contributed by atoms with Crippen LogP contribution in [0.4, 0.5) is 5.69 Å². The number of hydrogen-bond donors (Lipinski definition) is 1. The maximum atomic E-state index is 11.8. The van der Waals surface area contributed by atoms with E-state index in [4.69, 9.17) is 4.74 Å². The molecule has 1 aromatic carbocycles. The summed E-state index contributed by atoms with van der Waals surface area (Å²) in [5.74, 6) is -0.334. The second kappa shape index (κ2) is 5.97. The fourth-order valence-corrected chi connectivity index (χ4v) is 2.53. The zero-order valence-corrected chi connectivity index (χ0v) is 12.0. The van der Waals surface area contributed by atoms with Crippen molar-refractivity contribution in [3.8, 4) is 0 Å². The van der Waals surface area contributed by atoms with E-state index in [2.05, 4.69) is 26.2 Å². The van der Waals surface area contributed by atoms with Gasteiger partial charge in [0.2, 0.25) is 0 Å². The number of hydrogen-bond acceptors (Lipinski definition) is 5. The summed E-state index contributed by atoms with van der Waals surface area (Å²) in [6, 6.07) is 7.08. The SMILES string of the molecule is COC(=O)C(Nc1cccc(Br)c1)c1cncs1. The number of thiazole rings is 1. The van der Waals surface area contributed by atoms with E-state index in [0.717, 1.165) is 15.0 Å². The number of halogens is 1. The standard InChI is InChI=1S/C12H11BrN2O2S/c1-17-12(16)11(10-6-14-7-18-10)15-9-4-2-3-8(13)5-9/h2-7,11,15H,1H3. The van der Waals surface area contributed by atoms with Crippen LogP contribution in [0.2, 0.25) is 0 Å². The summed E-state index contributed by atoms with van der Waals surface area (Å²) >= 11 is 4.80. The van der Waals surface area contributed by atoms with E-state index in [-0.39, 0.29) is 5.97 Å². The van der Waals surface area contributed by atoms with Gasteiger partial charge < -0.3 is 10.1 Å². The van der Waals surface area contributed by atoms with Crippen molar-refractivity contribution in [2.24, 2.45) is 0 Å². The van der Waals surface area contributed by atoms with Gasteiger partial charge in [-0.15, -0.1) is 11.3 Å². The molecule has 2 rings (SSSR count). The highest BCUT2D eigenvalue weighted by Crippen LogP contribution is 2.25. The summed E-state index contributed by atoms with van der Waals surface area (Å²) in [4.78, 5) is 16.6. The van der Waals surface area contributed by atoms with Crippen LogP contribution in [0.5, 0.6) is 0 Å². The highest BCUT2D eigenvalue weighted by Gasteiger charge is 2.22. The van der Waals surface area contributed by atoms with Gasteiger partial charge in [0.25, 0.3) is 0 Å². The molecule has 0 fully saturated rings.